The summed E-state index contributed by atoms with van der Waals surface area (Å²) in [6, 6.07) is 4.18. The van der Waals surface area contributed by atoms with Gasteiger partial charge in [0.2, 0.25) is 0 Å². The standard InChI is InChI=1S/C12H16N4O3S/c1-9(12-3-2-4-20-12)13-6-11(17)8-15-7-10(5-14-15)16(18)19/h2-5,7,9,11,13,17H,6,8H2,1H3. The Balaban J connectivity index is 1.80. The van der Waals surface area contributed by atoms with E-state index in [4.69, 9.17) is 0 Å². The summed E-state index contributed by atoms with van der Waals surface area (Å²) in [6.07, 6.45) is 1.83. The summed E-state index contributed by atoms with van der Waals surface area (Å²) in [4.78, 5) is 11.2. The smallest absolute Gasteiger partial charge is 0.306 e. The molecule has 0 saturated carbocycles. The van der Waals surface area contributed by atoms with Gasteiger partial charge in [-0.2, -0.15) is 5.10 Å². The topological polar surface area (TPSA) is 93.2 Å². The number of aliphatic hydroxyl groups is 1. The average molecular weight is 296 g/mol. The molecule has 0 aliphatic heterocycles. The molecule has 2 rings (SSSR count). The summed E-state index contributed by atoms with van der Waals surface area (Å²) in [7, 11) is 0. The highest BCUT2D eigenvalue weighted by Gasteiger charge is 2.13. The first-order chi connectivity index (χ1) is 9.56. The monoisotopic (exact) mass is 296 g/mol. The van der Waals surface area contributed by atoms with Crippen LogP contribution < -0.4 is 5.32 Å². The van der Waals surface area contributed by atoms with E-state index in [2.05, 4.69) is 10.4 Å². The van der Waals surface area contributed by atoms with Crippen molar-refractivity contribution in [1.82, 2.24) is 15.1 Å². The van der Waals surface area contributed by atoms with Crippen LogP contribution in [0.4, 0.5) is 5.69 Å². The first-order valence-corrected chi connectivity index (χ1v) is 7.06. The maximum absolute atomic E-state index is 10.5. The molecule has 2 atom stereocenters. The summed E-state index contributed by atoms with van der Waals surface area (Å²) in [5.41, 5.74) is -0.0721. The minimum atomic E-state index is -0.656. The van der Waals surface area contributed by atoms with Gasteiger partial charge in [-0.15, -0.1) is 11.3 Å². The third kappa shape index (κ3) is 3.86. The van der Waals surface area contributed by atoms with E-state index in [0.29, 0.717) is 6.54 Å². The van der Waals surface area contributed by atoms with Crippen LogP contribution in [0.3, 0.4) is 0 Å². The highest BCUT2D eigenvalue weighted by atomic mass is 32.1. The van der Waals surface area contributed by atoms with Gasteiger partial charge in [0, 0.05) is 17.5 Å². The van der Waals surface area contributed by atoms with Crippen LogP contribution in [0.5, 0.6) is 0 Å². The average Bonchev–Trinajstić information content (AvgIpc) is 3.06. The molecular weight excluding hydrogens is 280 g/mol. The van der Waals surface area contributed by atoms with Crippen LogP contribution in [-0.2, 0) is 6.54 Å². The fraction of sp³-hybridized carbons (Fsp3) is 0.417. The first kappa shape index (κ1) is 14.6. The molecule has 0 fully saturated rings. The molecule has 7 nitrogen and oxygen atoms in total. The number of hydrogen-bond donors (Lipinski definition) is 2. The maximum atomic E-state index is 10.5. The highest BCUT2D eigenvalue weighted by molar-refractivity contribution is 7.10. The summed E-state index contributed by atoms with van der Waals surface area (Å²) in [6.45, 7) is 2.64. The molecule has 0 spiro atoms. The van der Waals surface area contributed by atoms with Crippen LogP contribution in [0.25, 0.3) is 0 Å². The zero-order chi connectivity index (χ0) is 14.5. The van der Waals surface area contributed by atoms with E-state index in [1.165, 1.54) is 22.0 Å². The third-order valence-electron chi connectivity index (χ3n) is 2.86. The Morgan fingerprint density at radius 1 is 1.65 bits per heavy atom. The molecular formula is C12H16N4O3S. The molecule has 108 valence electrons. The molecule has 2 heterocycles. The largest absolute Gasteiger partial charge is 0.390 e. The molecule has 8 heteroatoms. The lowest BCUT2D eigenvalue weighted by atomic mass is 10.2. The van der Waals surface area contributed by atoms with Crippen molar-refractivity contribution < 1.29 is 10.0 Å². The molecule has 0 saturated heterocycles. The van der Waals surface area contributed by atoms with Crippen LogP contribution in [0.1, 0.15) is 17.8 Å². The Bertz CT molecular complexity index is 555. The van der Waals surface area contributed by atoms with Gasteiger partial charge < -0.3 is 10.4 Å². The molecule has 0 aromatic carbocycles. The number of aromatic nitrogens is 2. The van der Waals surface area contributed by atoms with E-state index >= 15 is 0 Å². The Morgan fingerprint density at radius 2 is 2.45 bits per heavy atom. The number of nitro groups is 1. The van der Waals surface area contributed by atoms with Crippen molar-refractivity contribution in [2.45, 2.75) is 25.6 Å². The lowest BCUT2D eigenvalue weighted by molar-refractivity contribution is -0.385. The van der Waals surface area contributed by atoms with E-state index < -0.39 is 11.0 Å². The minimum Gasteiger partial charge on any atom is -0.390 e. The maximum Gasteiger partial charge on any atom is 0.306 e. The van der Waals surface area contributed by atoms with Gasteiger partial charge >= 0.3 is 5.69 Å². The molecule has 20 heavy (non-hydrogen) atoms. The first-order valence-electron chi connectivity index (χ1n) is 6.18. The van der Waals surface area contributed by atoms with Crippen LogP contribution in [0.2, 0.25) is 0 Å². The van der Waals surface area contributed by atoms with Crippen molar-refractivity contribution in [3.63, 3.8) is 0 Å². The zero-order valence-corrected chi connectivity index (χ0v) is 11.8. The Kier molecular flexibility index (Phi) is 4.83. The van der Waals surface area contributed by atoms with Gasteiger partial charge in [0.25, 0.3) is 0 Å². The van der Waals surface area contributed by atoms with Crippen molar-refractivity contribution in [3.05, 3.63) is 44.9 Å². The summed E-state index contributed by atoms with van der Waals surface area (Å²) >= 11 is 1.66. The van der Waals surface area contributed by atoms with Crippen LogP contribution in [-0.4, -0.2) is 32.5 Å². The van der Waals surface area contributed by atoms with Crippen molar-refractivity contribution in [3.8, 4) is 0 Å². The number of hydrogen-bond acceptors (Lipinski definition) is 6. The predicted molar refractivity (Wildman–Crippen MR) is 75.6 cm³/mol. The second kappa shape index (κ2) is 6.60. The molecule has 0 radical (unpaired) electrons. The number of aliphatic hydroxyl groups excluding tert-OH is 1. The molecule has 0 bridgehead atoms. The molecule has 2 unspecified atom stereocenters. The Hall–Kier alpha value is -1.77. The molecule has 0 aliphatic rings. The normalized spacial score (nSPS) is 14.1. The lowest BCUT2D eigenvalue weighted by Crippen LogP contribution is -2.31. The summed E-state index contributed by atoms with van der Waals surface area (Å²) in [5, 5.41) is 29.5. The van der Waals surface area contributed by atoms with Crippen molar-refractivity contribution in [2.24, 2.45) is 0 Å². The van der Waals surface area contributed by atoms with Gasteiger partial charge in [-0.3, -0.25) is 14.8 Å². The Labute approximate surface area is 120 Å². The number of nitrogens with one attached hydrogen (secondary N) is 1. The molecule has 0 aliphatic carbocycles. The second-order valence-electron chi connectivity index (χ2n) is 4.48. The third-order valence-corrected chi connectivity index (χ3v) is 3.91. The van der Waals surface area contributed by atoms with Crippen molar-refractivity contribution >= 4 is 17.0 Å². The van der Waals surface area contributed by atoms with E-state index in [1.54, 1.807) is 11.3 Å². The molecule has 2 aromatic rings. The number of nitrogens with zero attached hydrogens (tertiary/aromatic N) is 3. The molecule has 2 aromatic heterocycles. The fourth-order valence-electron chi connectivity index (χ4n) is 1.78. The van der Waals surface area contributed by atoms with Gasteiger partial charge in [0.05, 0.1) is 17.6 Å². The number of rotatable bonds is 7. The molecule has 0 amide bonds. The van der Waals surface area contributed by atoms with Gasteiger partial charge in [0.1, 0.15) is 12.4 Å². The highest BCUT2D eigenvalue weighted by Crippen LogP contribution is 2.17. The fourth-order valence-corrected chi connectivity index (χ4v) is 2.54. The van der Waals surface area contributed by atoms with Crippen molar-refractivity contribution in [2.75, 3.05) is 6.54 Å². The van der Waals surface area contributed by atoms with E-state index in [1.807, 2.05) is 24.4 Å². The van der Waals surface area contributed by atoms with Crippen molar-refractivity contribution in [1.29, 1.82) is 0 Å². The van der Waals surface area contributed by atoms with Gasteiger partial charge in [0.15, 0.2) is 0 Å². The van der Waals surface area contributed by atoms with Crippen LogP contribution >= 0.6 is 11.3 Å². The minimum absolute atomic E-state index is 0.0721. The summed E-state index contributed by atoms with van der Waals surface area (Å²) in [5.74, 6) is 0. The SMILES string of the molecule is CC(NCC(O)Cn1cc([N+](=O)[O-])cn1)c1cccs1. The lowest BCUT2D eigenvalue weighted by Gasteiger charge is -2.16. The predicted octanol–water partition coefficient (Wildman–Crippen LogP) is 1.56. The number of thiophene rings is 1. The van der Waals surface area contributed by atoms with Gasteiger partial charge in [-0.25, -0.2) is 0 Å². The van der Waals surface area contributed by atoms with E-state index in [9.17, 15) is 15.2 Å². The van der Waals surface area contributed by atoms with Crippen LogP contribution in [0.15, 0.2) is 29.9 Å². The quantitative estimate of drug-likeness (QED) is 0.597. The van der Waals surface area contributed by atoms with Gasteiger partial charge in [-0.1, -0.05) is 6.07 Å². The summed E-state index contributed by atoms with van der Waals surface area (Å²) < 4.78 is 1.38. The Morgan fingerprint density at radius 3 is 3.05 bits per heavy atom. The van der Waals surface area contributed by atoms with E-state index in [0.717, 1.165) is 0 Å². The van der Waals surface area contributed by atoms with Crippen LogP contribution in [0, 0.1) is 10.1 Å². The van der Waals surface area contributed by atoms with Gasteiger partial charge in [-0.05, 0) is 18.4 Å². The zero-order valence-electron chi connectivity index (χ0n) is 11.0. The van der Waals surface area contributed by atoms with E-state index in [-0.39, 0.29) is 18.3 Å². The second-order valence-corrected chi connectivity index (χ2v) is 5.46. The molecule has 2 N–H and O–H groups in total.